The van der Waals surface area contributed by atoms with Crippen LogP contribution in [0.3, 0.4) is 0 Å². The zero-order valence-electron chi connectivity index (χ0n) is 12.1. The average Bonchev–Trinajstić information content (AvgIpc) is 2.98. The van der Waals surface area contributed by atoms with Crippen molar-refractivity contribution in [1.29, 1.82) is 0 Å². The first-order chi connectivity index (χ1) is 10.3. The first-order valence-electron chi connectivity index (χ1n) is 7.14. The van der Waals surface area contributed by atoms with Crippen LogP contribution in [0.5, 0.6) is 0 Å². The Morgan fingerprint density at radius 3 is 2.52 bits per heavy atom. The molecule has 1 unspecified atom stereocenters. The molecule has 0 N–H and O–H groups in total. The molecule has 0 radical (unpaired) electrons. The third kappa shape index (κ3) is 3.54. The van der Waals surface area contributed by atoms with Crippen molar-refractivity contribution in [2.45, 2.75) is 25.8 Å². The van der Waals surface area contributed by atoms with Gasteiger partial charge in [-0.05, 0) is 29.7 Å². The Morgan fingerprint density at radius 2 is 1.76 bits per heavy atom. The van der Waals surface area contributed by atoms with E-state index >= 15 is 0 Å². The summed E-state index contributed by atoms with van der Waals surface area (Å²) in [5, 5.41) is 8.53. The maximum absolute atomic E-state index is 4.31. The second-order valence-corrected chi connectivity index (χ2v) is 5.29. The number of hydrogen-bond acceptors (Lipinski definition) is 3. The van der Waals surface area contributed by atoms with Gasteiger partial charge in [0.15, 0.2) is 0 Å². The smallest absolute Gasteiger partial charge is 0.0858 e. The van der Waals surface area contributed by atoms with Crippen molar-refractivity contribution >= 4 is 0 Å². The molecule has 4 heteroatoms. The van der Waals surface area contributed by atoms with Gasteiger partial charge in [0.05, 0.1) is 12.2 Å². The lowest BCUT2D eigenvalue weighted by molar-refractivity contribution is 0.647. The molecule has 4 nitrogen and oxygen atoms in total. The molecular weight excluding hydrogens is 260 g/mol. The number of pyridine rings is 1. The van der Waals surface area contributed by atoms with Crippen LogP contribution in [0, 0.1) is 0 Å². The Hall–Kier alpha value is -2.49. The SMILES string of the molecule is CC(Cc1ccncc1)c1cn(Cc2ccccc2)nn1. The molecule has 0 saturated carbocycles. The van der Waals surface area contributed by atoms with Gasteiger partial charge in [0.2, 0.25) is 0 Å². The highest BCUT2D eigenvalue weighted by Gasteiger charge is 2.11. The number of benzene rings is 1. The van der Waals surface area contributed by atoms with Crippen LogP contribution in [0.2, 0.25) is 0 Å². The fourth-order valence-electron chi connectivity index (χ4n) is 2.36. The standard InChI is InChI=1S/C17H18N4/c1-14(11-15-7-9-18-10-8-15)17-13-21(20-19-17)12-16-5-3-2-4-6-16/h2-10,13-14H,11-12H2,1H3. The van der Waals surface area contributed by atoms with Crippen LogP contribution in [0.1, 0.15) is 29.7 Å². The highest BCUT2D eigenvalue weighted by Crippen LogP contribution is 2.17. The predicted octanol–water partition coefficient (Wildman–Crippen LogP) is 3.07. The third-order valence-corrected chi connectivity index (χ3v) is 3.54. The van der Waals surface area contributed by atoms with Crippen molar-refractivity contribution in [2.75, 3.05) is 0 Å². The molecule has 1 atom stereocenters. The van der Waals surface area contributed by atoms with Gasteiger partial charge in [0.1, 0.15) is 0 Å². The fraction of sp³-hybridized carbons (Fsp3) is 0.235. The summed E-state index contributed by atoms with van der Waals surface area (Å²) >= 11 is 0. The Kier molecular flexibility index (Phi) is 4.05. The average molecular weight is 278 g/mol. The minimum Gasteiger partial charge on any atom is -0.265 e. The summed E-state index contributed by atoms with van der Waals surface area (Å²) in [5.74, 6) is 0.344. The molecule has 3 rings (SSSR count). The molecule has 3 aromatic rings. The minimum atomic E-state index is 0.344. The topological polar surface area (TPSA) is 43.6 Å². The fourth-order valence-corrected chi connectivity index (χ4v) is 2.36. The van der Waals surface area contributed by atoms with E-state index in [1.54, 1.807) is 0 Å². The largest absolute Gasteiger partial charge is 0.265 e. The minimum absolute atomic E-state index is 0.344. The Bertz CT molecular complexity index is 676. The van der Waals surface area contributed by atoms with Crippen LogP contribution in [0.25, 0.3) is 0 Å². The highest BCUT2D eigenvalue weighted by atomic mass is 15.4. The lowest BCUT2D eigenvalue weighted by Gasteiger charge is -2.07. The van der Waals surface area contributed by atoms with Gasteiger partial charge >= 0.3 is 0 Å². The number of rotatable bonds is 5. The molecule has 1 aromatic carbocycles. The van der Waals surface area contributed by atoms with Crippen molar-refractivity contribution in [3.05, 3.63) is 77.9 Å². The molecule has 0 aliphatic heterocycles. The molecule has 0 aliphatic carbocycles. The lowest BCUT2D eigenvalue weighted by atomic mass is 9.99. The molecule has 0 fully saturated rings. The maximum atomic E-state index is 4.31. The summed E-state index contributed by atoms with van der Waals surface area (Å²) in [6, 6.07) is 14.4. The summed E-state index contributed by atoms with van der Waals surface area (Å²) in [4.78, 5) is 4.04. The molecular formula is C17H18N4. The Morgan fingerprint density at radius 1 is 1.00 bits per heavy atom. The van der Waals surface area contributed by atoms with E-state index < -0.39 is 0 Å². The van der Waals surface area contributed by atoms with E-state index in [2.05, 4.69) is 34.4 Å². The predicted molar refractivity (Wildman–Crippen MR) is 81.9 cm³/mol. The Balaban J connectivity index is 1.67. The normalized spacial score (nSPS) is 12.2. The van der Waals surface area contributed by atoms with Crippen molar-refractivity contribution in [1.82, 2.24) is 20.0 Å². The molecule has 21 heavy (non-hydrogen) atoms. The molecule has 0 amide bonds. The van der Waals surface area contributed by atoms with Crippen LogP contribution in [0.15, 0.2) is 61.1 Å². The van der Waals surface area contributed by atoms with Gasteiger partial charge in [-0.3, -0.25) is 4.98 Å². The highest BCUT2D eigenvalue weighted by molar-refractivity contribution is 5.17. The number of aromatic nitrogens is 4. The Labute approximate surface area is 124 Å². The van der Waals surface area contributed by atoms with E-state index in [-0.39, 0.29) is 0 Å². The van der Waals surface area contributed by atoms with Crippen LogP contribution in [-0.2, 0) is 13.0 Å². The summed E-state index contributed by atoms with van der Waals surface area (Å²) in [7, 11) is 0. The monoisotopic (exact) mass is 278 g/mol. The van der Waals surface area contributed by atoms with Crippen LogP contribution in [0.4, 0.5) is 0 Å². The summed E-state index contributed by atoms with van der Waals surface area (Å²) in [6.45, 7) is 2.94. The molecule has 0 spiro atoms. The molecule has 2 heterocycles. The van der Waals surface area contributed by atoms with Gasteiger partial charge in [0.25, 0.3) is 0 Å². The van der Waals surface area contributed by atoms with E-state index in [1.807, 2.05) is 53.6 Å². The molecule has 0 aliphatic rings. The van der Waals surface area contributed by atoms with Gasteiger partial charge in [-0.1, -0.05) is 42.5 Å². The molecule has 106 valence electrons. The van der Waals surface area contributed by atoms with E-state index in [4.69, 9.17) is 0 Å². The molecule has 0 bridgehead atoms. The number of hydrogen-bond donors (Lipinski definition) is 0. The van der Waals surface area contributed by atoms with Gasteiger partial charge < -0.3 is 0 Å². The van der Waals surface area contributed by atoms with Crippen molar-refractivity contribution in [3.8, 4) is 0 Å². The second kappa shape index (κ2) is 6.31. The van der Waals surface area contributed by atoms with E-state index in [0.717, 1.165) is 18.7 Å². The van der Waals surface area contributed by atoms with Gasteiger partial charge in [-0.2, -0.15) is 0 Å². The zero-order chi connectivity index (χ0) is 14.5. The first kappa shape index (κ1) is 13.5. The summed E-state index contributed by atoms with van der Waals surface area (Å²) < 4.78 is 1.90. The van der Waals surface area contributed by atoms with Gasteiger partial charge in [0, 0.05) is 24.5 Å². The van der Waals surface area contributed by atoms with Crippen LogP contribution in [-0.4, -0.2) is 20.0 Å². The summed E-state index contributed by atoms with van der Waals surface area (Å²) in [6.07, 6.45) is 6.65. The lowest BCUT2D eigenvalue weighted by Crippen LogP contribution is -2.00. The second-order valence-electron chi connectivity index (χ2n) is 5.29. The molecule has 2 aromatic heterocycles. The third-order valence-electron chi connectivity index (χ3n) is 3.54. The maximum Gasteiger partial charge on any atom is 0.0858 e. The first-order valence-corrected chi connectivity index (χ1v) is 7.14. The van der Waals surface area contributed by atoms with Gasteiger partial charge in [-0.25, -0.2) is 4.68 Å². The quantitative estimate of drug-likeness (QED) is 0.720. The van der Waals surface area contributed by atoms with Crippen molar-refractivity contribution in [3.63, 3.8) is 0 Å². The van der Waals surface area contributed by atoms with Crippen LogP contribution >= 0.6 is 0 Å². The van der Waals surface area contributed by atoms with Crippen molar-refractivity contribution in [2.24, 2.45) is 0 Å². The van der Waals surface area contributed by atoms with Gasteiger partial charge in [-0.15, -0.1) is 5.10 Å². The molecule has 0 saturated heterocycles. The van der Waals surface area contributed by atoms with Crippen molar-refractivity contribution < 1.29 is 0 Å². The van der Waals surface area contributed by atoms with E-state index in [9.17, 15) is 0 Å². The van der Waals surface area contributed by atoms with Crippen LogP contribution < -0.4 is 0 Å². The number of nitrogens with zero attached hydrogens (tertiary/aromatic N) is 4. The zero-order valence-corrected chi connectivity index (χ0v) is 12.1. The van der Waals surface area contributed by atoms with E-state index in [0.29, 0.717) is 5.92 Å². The van der Waals surface area contributed by atoms with E-state index in [1.165, 1.54) is 11.1 Å². The summed E-state index contributed by atoms with van der Waals surface area (Å²) in [5.41, 5.74) is 3.54.